The Labute approximate surface area is 133 Å². The van der Waals surface area contributed by atoms with Crippen molar-refractivity contribution in [2.75, 3.05) is 25.0 Å². The molecule has 1 aromatic rings. The number of carbonyl (C=O) groups excluding carboxylic acids is 1. The molecule has 1 aromatic carbocycles. The lowest BCUT2D eigenvalue weighted by atomic mass is 10.1. The molecule has 23 heavy (non-hydrogen) atoms. The van der Waals surface area contributed by atoms with Crippen LogP contribution in [0.25, 0.3) is 0 Å². The maximum Gasteiger partial charge on any atom is 0.422 e. The van der Waals surface area contributed by atoms with Gasteiger partial charge in [0.25, 0.3) is 0 Å². The first-order valence-corrected chi connectivity index (χ1v) is 7.08. The minimum atomic E-state index is -4.43. The van der Waals surface area contributed by atoms with Gasteiger partial charge < -0.3 is 20.1 Å². The molecule has 0 aliphatic rings. The Kier molecular flexibility index (Phi) is 6.26. The van der Waals surface area contributed by atoms with Crippen LogP contribution < -0.4 is 10.1 Å². The number of hydrogen-bond acceptors (Lipinski definition) is 3. The third-order valence-corrected chi connectivity index (χ3v) is 2.73. The molecule has 0 atom stereocenters. The maximum atomic E-state index is 12.1. The number of nitrogens with zero attached hydrogens (tertiary/aromatic N) is 1. The number of ether oxygens (including phenoxy) is 1. The lowest BCUT2D eigenvalue weighted by molar-refractivity contribution is -0.153. The molecular formula is C15H21F3N2O3. The number of halogens is 3. The van der Waals surface area contributed by atoms with E-state index < -0.39 is 24.4 Å². The molecule has 0 spiro atoms. The molecule has 0 aliphatic carbocycles. The van der Waals surface area contributed by atoms with Gasteiger partial charge in [0.1, 0.15) is 5.75 Å². The minimum Gasteiger partial charge on any atom is -0.484 e. The molecule has 0 heterocycles. The molecule has 0 saturated carbocycles. The summed E-state index contributed by atoms with van der Waals surface area (Å²) in [6, 6.07) is 5.24. The lowest BCUT2D eigenvalue weighted by Crippen LogP contribution is -2.44. The van der Waals surface area contributed by atoms with Gasteiger partial charge in [-0.25, -0.2) is 4.79 Å². The summed E-state index contributed by atoms with van der Waals surface area (Å²) in [6.07, 6.45) is -4.43. The second-order valence-corrected chi connectivity index (χ2v) is 5.69. The van der Waals surface area contributed by atoms with Gasteiger partial charge in [-0.15, -0.1) is 0 Å². The molecule has 0 saturated heterocycles. The zero-order valence-corrected chi connectivity index (χ0v) is 13.3. The van der Waals surface area contributed by atoms with Crippen LogP contribution in [0.4, 0.5) is 23.7 Å². The van der Waals surface area contributed by atoms with Crippen LogP contribution in [0.5, 0.6) is 5.75 Å². The van der Waals surface area contributed by atoms with Crippen LogP contribution in [0.3, 0.4) is 0 Å². The monoisotopic (exact) mass is 334 g/mol. The quantitative estimate of drug-likeness (QED) is 0.839. The van der Waals surface area contributed by atoms with E-state index in [0.717, 1.165) is 0 Å². The number of benzene rings is 1. The van der Waals surface area contributed by atoms with Crippen molar-refractivity contribution in [2.24, 2.45) is 0 Å². The fourth-order valence-electron chi connectivity index (χ4n) is 1.83. The van der Waals surface area contributed by atoms with Gasteiger partial charge in [-0.2, -0.15) is 13.2 Å². The van der Waals surface area contributed by atoms with Gasteiger partial charge >= 0.3 is 12.2 Å². The third-order valence-electron chi connectivity index (χ3n) is 2.73. The highest BCUT2D eigenvalue weighted by molar-refractivity contribution is 5.89. The number of urea groups is 1. The van der Waals surface area contributed by atoms with Crippen LogP contribution >= 0.6 is 0 Å². The topological polar surface area (TPSA) is 61.8 Å². The molecule has 1 rings (SSSR count). The third kappa shape index (κ3) is 7.73. The molecule has 0 unspecified atom stereocenters. The first-order valence-electron chi connectivity index (χ1n) is 7.08. The smallest absolute Gasteiger partial charge is 0.422 e. The second-order valence-electron chi connectivity index (χ2n) is 5.69. The average Bonchev–Trinajstić information content (AvgIpc) is 2.41. The van der Waals surface area contributed by atoms with E-state index in [9.17, 15) is 23.1 Å². The highest BCUT2D eigenvalue weighted by Crippen LogP contribution is 2.21. The SMILES string of the molecule is CCN(CC(C)(C)O)C(=O)Nc1cccc(OCC(F)(F)F)c1. The molecule has 2 amide bonds. The van der Waals surface area contributed by atoms with Crippen LogP contribution in [0, 0.1) is 0 Å². The Morgan fingerprint density at radius 1 is 1.35 bits per heavy atom. The molecule has 0 fully saturated rings. The lowest BCUT2D eigenvalue weighted by Gasteiger charge is -2.28. The number of alkyl halides is 3. The highest BCUT2D eigenvalue weighted by Gasteiger charge is 2.28. The van der Waals surface area contributed by atoms with Crippen LogP contribution in [0.2, 0.25) is 0 Å². The zero-order chi connectivity index (χ0) is 17.7. The standard InChI is InChI=1S/C15H21F3N2O3/c1-4-20(9-14(2,3)22)13(21)19-11-6-5-7-12(8-11)23-10-15(16,17)18/h5-8,22H,4,9-10H2,1-3H3,(H,19,21). The Bertz CT molecular complexity index is 527. The number of carbonyl (C=O) groups is 1. The van der Waals surface area contributed by atoms with Gasteiger partial charge in [-0.3, -0.25) is 0 Å². The summed E-state index contributed by atoms with van der Waals surface area (Å²) >= 11 is 0. The van der Waals surface area contributed by atoms with Crippen LogP contribution in [0.15, 0.2) is 24.3 Å². The Morgan fingerprint density at radius 3 is 2.52 bits per heavy atom. The fraction of sp³-hybridized carbons (Fsp3) is 0.533. The van der Waals surface area contributed by atoms with Crippen molar-refractivity contribution in [3.05, 3.63) is 24.3 Å². The van der Waals surface area contributed by atoms with Crippen LogP contribution in [-0.4, -0.2) is 47.5 Å². The van der Waals surface area contributed by atoms with E-state index in [1.54, 1.807) is 20.8 Å². The summed E-state index contributed by atoms with van der Waals surface area (Å²) in [5.74, 6) is 0.00524. The molecule has 0 radical (unpaired) electrons. The fourth-order valence-corrected chi connectivity index (χ4v) is 1.83. The number of nitrogens with one attached hydrogen (secondary N) is 1. The van der Waals surface area contributed by atoms with Crippen molar-refractivity contribution in [1.29, 1.82) is 0 Å². The number of aliphatic hydroxyl groups is 1. The number of amides is 2. The van der Waals surface area contributed by atoms with E-state index in [2.05, 4.69) is 10.1 Å². The van der Waals surface area contributed by atoms with Crippen molar-refractivity contribution in [3.8, 4) is 5.75 Å². The Morgan fingerprint density at radius 2 is 2.00 bits per heavy atom. The summed E-state index contributed by atoms with van der Waals surface area (Å²) < 4.78 is 41.0. The summed E-state index contributed by atoms with van der Waals surface area (Å²) in [4.78, 5) is 13.5. The van der Waals surface area contributed by atoms with E-state index in [1.165, 1.54) is 29.2 Å². The van der Waals surface area contributed by atoms with E-state index in [0.29, 0.717) is 12.2 Å². The van der Waals surface area contributed by atoms with Gasteiger partial charge in [0, 0.05) is 18.3 Å². The summed E-state index contributed by atoms with van der Waals surface area (Å²) in [5.41, 5.74) is -0.741. The Balaban J connectivity index is 2.70. The molecule has 8 heteroatoms. The molecule has 0 aromatic heterocycles. The number of anilines is 1. The number of hydrogen-bond donors (Lipinski definition) is 2. The molecular weight excluding hydrogens is 313 g/mol. The predicted octanol–water partition coefficient (Wildman–Crippen LogP) is 3.25. The number of likely N-dealkylation sites (N-methyl/N-ethyl adjacent to an activating group) is 1. The second kappa shape index (κ2) is 7.54. The van der Waals surface area contributed by atoms with E-state index >= 15 is 0 Å². The van der Waals surface area contributed by atoms with E-state index in [1.807, 2.05) is 0 Å². The molecule has 2 N–H and O–H groups in total. The van der Waals surface area contributed by atoms with Crippen molar-refractivity contribution in [3.63, 3.8) is 0 Å². The van der Waals surface area contributed by atoms with Crippen molar-refractivity contribution in [1.82, 2.24) is 4.90 Å². The normalized spacial score (nSPS) is 12.0. The van der Waals surface area contributed by atoms with Gasteiger partial charge in [0.15, 0.2) is 6.61 Å². The Hall–Kier alpha value is -1.96. The average molecular weight is 334 g/mol. The van der Waals surface area contributed by atoms with Crippen LogP contribution in [-0.2, 0) is 0 Å². The minimum absolute atomic E-state index is 0.00524. The molecule has 0 aliphatic heterocycles. The van der Waals surface area contributed by atoms with Gasteiger partial charge in [0.2, 0.25) is 0 Å². The van der Waals surface area contributed by atoms with Gasteiger partial charge in [-0.05, 0) is 32.9 Å². The van der Waals surface area contributed by atoms with Crippen LogP contribution in [0.1, 0.15) is 20.8 Å². The highest BCUT2D eigenvalue weighted by atomic mass is 19.4. The van der Waals surface area contributed by atoms with Crippen molar-refractivity contribution < 1.29 is 27.8 Å². The first kappa shape index (κ1) is 19.1. The first-order chi connectivity index (χ1) is 10.5. The molecule has 5 nitrogen and oxygen atoms in total. The van der Waals surface area contributed by atoms with Crippen molar-refractivity contribution in [2.45, 2.75) is 32.5 Å². The van der Waals surface area contributed by atoms with Gasteiger partial charge in [-0.1, -0.05) is 6.07 Å². The zero-order valence-electron chi connectivity index (χ0n) is 13.3. The summed E-state index contributed by atoms with van der Waals surface area (Å²) in [6.45, 7) is 4.02. The molecule has 0 bridgehead atoms. The van der Waals surface area contributed by atoms with E-state index in [-0.39, 0.29) is 12.3 Å². The number of rotatable bonds is 6. The van der Waals surface area contributed by atoms with Crippen molar-refractivity contribution >= 4 is 11.7 Å². The largest absolute Gasteiger partial charge is 0.484 e. The summed E-state index contributed by atoms with van der Waals surface area (Å²) in [7, 11) is 0. The maximum absolute atomic E-state index is 12.1. The summed E-state index contributed by atoms with van der Waals surface area (Å²) in [5, 5.41) is 12.3. The van der Waals surface area contributed by atoms with Gasteiger partial charge in [0.05, 0.1) is 12.1 Å². The van der Waals surface area contributed by atoms with E-state index in [4.69, 9.17) is 0 Å². The molecule has 130 valence electrons. The predicted molar refractivity (Wildman–Crippen MR) is 80.6 cm³/mol.